The first-order valence-corrected chi connectivity index (χ1v) is 10.1. The van der Waals surface area contributed by atoms with Gasteiger partial charge in [-0.05, 0) is 54.1 Å². The molecule has 32 heavy (non-hydrogen) atoms. The summed E-state index contributed by atoms with van der Waals surface area (Å²) in [5, 5.41) is 6.10. The summed E-state index contributed by atoms with van der Waals surface area (Å²) in [5.74, 6) is 2.37. The Hall–Kier alpha value is -4.04. The molecule has 0 saturated carbocycles. The number of likely N-dealkylation sites (N-methyl/N-ethyl adjacent to an activating group) is 1. The predicted molar refractivity (Wildman–Crippen MR) is 121 cm³/mol. The van der Waals surface area contributed by atoms with Crippen molar-refractivity contribution in [1.29, 1.82) is 0 Å². The van der Waals surface area contributed by atoms with Crippen LogP contribution in [0.1, 0.15) is 11.6 Å². The summed E-state index contributed by atoms with van der Waals surface area (Å²) in [6.45, 7) is 0. The SMILES string of the molecule is COc1ccc2nc(-c3cccnc3)nc(NC3=CC(c4cccc(F)c4)N(C)N3)c2c1. The van der Waals surface area contributed by atoms with E-state index in [-0.39, 0.29) is 11.9 Å². The molecule has 2 N–H and O–H groups in total. The standard InChI is InChI=1S/C24H21FN6O/c1-31-21(15-5-3-7-17(25)11-15)13-22(30-31)28-24-19-12-18(32-2)8-9-20(19)27-23(29-24)16-6-4-10-26-14-16/h3-14,21,30H,1-2H3,(H,27,28,29). The maximum Gasteiger partial charge on any atom is 0.163 e. The zero-order chi connectivity index (χ0) is 22.1. The van der Waals surface area contributed by atoms with Crippen molar-refractivity contribution in [2.24, 2.45) is 0 Å². The zero-order valence-corrected chi connectivity index (χ0v) is 17.6. The number of hydrazine groups is 1. The summed E-state index contributed by atoms with van der Waals surface area (Å²) < 4.78 is 19.1. The van der Waals surface area contributed by atoms with Gasteiger partial charge in [-0.25, -0.2) is 19.4 Å². The van der Waals surface area contributed by atoms with E-state index < -0.39 is 0 Å². The van der Waals surface area contributed by atoms with Gasteiger partial charge in [0.05, 0.1) is 18.7 Å². The van der Waals surface area contributed by atoms with Gasteiger partial charge >= 0.3 is 0 Å². The second-order valence-electron chi connectivity index (χ2n) is 7.45. The third-order valence-electron chi connectivity index (χ3n) is 5.30. The molecular weight excluding hydrogens is 407 g/mol. The molecule has 160 valence electrons. The van der Waals surface area contributed by atoms with Crippen LogP contribution in [0.3, 0.4) is 0 Å². The topological polar surface area (TPSA) is 75.2 Å². The van der Waals surface area contributed by atoms with Crippen LogP contribution >= 0.6 is 0 Å². The molecule has 2 aromatic heterocycles. The molecule has 8 heteroatoms. The number of nitrogens with zero attached hydrogens (tertiary/aromatic N) is 4. The van der Waals surface area contributed by atoms with Crippen molar-refractivity contribution in [1.82, 2.24) is 25.4 Å². The van der Waals surface area contributed by atoms with Crippen LogP contribution in [0.2, 0.25) is 0 Å². The van der Waals surface area contributed by atoms with Crippen LogP contribution < -0.4 is 15.5 Å². The average Bonchev–Trinajstić information content (AvgIpc) is 3.19. The molecule has 0 bridgehead atoms. The van der Waals surface area contributed by atoms with Gasteiger partial charge in [0.25, 0.3) is 0 Å². The van der Waals surface area contributed by atoms with E-state index in [1.165, 1.54) is 12.1 Å². The van der Waals surface area contributed by atoms with E-state index in [9.17, 15) is 4.39 Å². The number of anilines is 1. The van der Waals surface area contributed by atoms with Gasteiger partial charge < -0.3 is 15.5 Å². The molecule has 0 fully saturated rings. The highest BCUT2D eigenvalue weighted by Gasteiger charge is 2.24. The minimum absolute atomic E-state index is 0.131. The number of halogens is 1. The van der Waals surface area contributed by atoms with Crippen molar-refractivity contribution >= 4 is 16.7 Å². The Labute approximate surface area is 184 Å². The van der Waals surface area contributed by atoms with Crippen LogP contribution in [0.25, 0.3) is 22.3 Å². The van der Waals surface area contributed by atoms with E-state index >= 15 is 0 Å². The van der Waals surface area contributed by atoms with E-state index in [1.54, 1.807) is 25.6 Å². The maximum absolute atomic E-state index is 13.7. The minimum Gasteiger partial charge on any atom is -0.497 e. The molecule has 0 aliphatic carbocycles. The molecule has 3 heterocycles. The van der Waals surface area contributed by atoms with Gasteiger partial charge in [-0.2, -0.15) is 0 Å². The van der Waals surface area contributed by atoms with Crippen LogP contribution in [0, 0.1) is 5.82 Å². The maximum atomic E-state index is 13.7. The highest BCUT2D eigenvalue weighted by Crippen LogP contribution is 2.31. The molecule has 1 atom stereocenters. The summed E-state index contributed by atoms with van der Waals surface area (Å²) in [7, 11) is 3.53. The molecule has 4 aromatic rings. The number of nitrogens with one attached hydrogen (secondary N) is 2. The van der Waals surface area contributed by atoms with Crippen LogP contribution in [-0.4, -0.2) is 34.1 Å². The number of hydrogen-bond acceptors (Lipinski definition) is 7. The van der Waals surface area contributed by atoms with Crippen molar-refractivity contribution in [3.8, 4) is 17.1 Å². The molecule has 0 radical (unpaired) electrons. The van der Waals surface area contributed by atoms with Crippen molar-refractivity contribution in [3.63, 3.8) is 0 Å². The fraction of sp³-hybridized carbons (Fsp3) is 0.125. The summed E-state index contributed by atoms with van der Waals surface area (Å²) >= 11 is 0. The summed E-state index contributed by atoms with van der Waals surface area (Å²) in [6.07, 6.45) is 5.44. The smallest absolute Gasteiger partial charge is 0.163 e. The van der Waals surface area contributed by atoms with Gasteiger partial charge in [0, 0.05) is 30.4 Å². The zero-order valence-electron chi connectivity index (χ0n) is 17.6. The lowest BCUT2D eigenvalue weighted by Crippen LogP contribution is -2.32. The average molecular weight is 428 g/mol. The first-order chi connectivity index (χ1) is 15.6. The number of pyridine rings is 1. The van der Waals surface area contributed by atoms with Crippen molar-refractivity contribution in [3.05, 3.63) is 90.3 Å². The van der Waals surface area contributed by atoms with Gasteiger partial charge in [-0.3, -0.25) is 4.98 Å². The Morgan fingerprint density at radius 2 is 2.00 bits per heavy atom. The third-order valence-corrected chi connectivity index (χ3v) is 5.30. The molecule has 1 aliphatic heterocycles. The lowest BCUT2D eigenvalue weighted by molar-refractivity contribution is 0.250. The highest BCUT2D eigenvalue weighted by molar-refractivity contribution is 5.92. The van der Waals surface area contributed by atoms with E-state index in [0.717, 1.165) is 27.9 Å². The second-order valence-corrected chi connectivity index (χ2v) is 7.45. The molecule has 0 saturated heterocycles. The van der Waals surface area contributed by atoms with Gasteiger partial charge in [-0.1, -0.05) is 12.1 Å². The molecular formula is C24H21FN6O. The summed E-state index contributed by atoms with van der Waals surface area (Å²) in [6, 6.07) is 15.9. The number of hydrogen-bond donors (Lipinski definition) is 2. The second kappa shape index (κ2) is 8.24. The fourth-order valence-corrected chi connectivity index (χ4v) is 3.73. The molecule has 0 amide bonds. The van der Waals surface area contributed by atoms with Gasteiger partial charge in [0.15, 0.2) is 5.82 Å². The Balaban J connectivity index is 1.56. The van der Waals surface area contributed by atoms with Crippen LogP contribution in [0.4, 0.5) is 10.2 Å². The first-order valence-electron chi connectivity index (χ1n) is 10.1. The van der Waals surface area contributed by atoms with Crippen molar-refractivity contribution in [2.45, 2.75) is 6.04 Å². The molecule has 7 nitrogen and oxygen atoms in total. The predicted octanol–water partition coefficient (Wildman–Crippen LogP) is 4.28. The molecule has 2 aromatic carbocycles. The number of fused-ring (bicyclic) bond motifs is 1. The quantitative estimate of drug-likeness (QED) is 0.491. The Morgan fingerprint density at radius 3 is 2.78 bits per heavy atom. The van der Waals surface area contributed by atoms with E-state index in [4.69, 9.17) is 14.7 Å². The number of benzene rings is 2. The lowest BCUT2D eigenvalue weighted by Gasteiger charge is -2.20. The fourth-order valence-electron chi connectivity index (χ4n) is 3.73. The summed E-state index contributed by atoms with van der Waals surface area (Å²) in [4.78, 5) is 13.7. The third kappa shape index (κ3) is 3.83. The van der Waals surface area contributed by atoms with E-state index in [0.29, 0.717) is 17.4 Å². The molecule has 0 spiro atoms. The number of aromatic nitrogens is 3. The normalized spacial score (nSPS) is 16.0. The number of methoxy groups -OCH3 is 1. The van der Waals surface area contributed by atoms with Crippen LogP contribution in [0.15, 0.2) is 78.9 Å². The van der Waals surface area contributed by atoms with Gasteiger partial charge in [0.1, 0.15) is 23.2 Å². The summed E-state index contributed by atoms with van der Waals surface area (Å²) in [5.41, 5.74) is 5.72. The number of ether oxygens (including phenoxy) is 1. The van der Waals surface area contributed by atoms with Crippen molar-refractivity contribution < 1.29 is 9.13 Å². The van der Waals surface area contributed by atoms with Crippen LogP contribution in [-0.2, 0) is 0 Å². The number of rotatable bonds is 5. The van der Waals surface area contributed by atoms with Gasteiger partial charge in [-0.15, -0.1) is 0 Å². The minimum atomic E-state index is -0.263. The van der Waals surface area contributed by atoms with E-state index in [2.05, 4.69) is 15.7 Å². The van der Waals surface area contributed by atoms with Gasteiger partial charge in [0.2, 0.25) is 0 Å². The Kier molecular flexibility index (Phi) is 5.12. The first kappa shape index (κ1) is 19.9. The molecule has 1 unspecified atom stereocenters. The monoisotopic (exact) mass is 428 g/mol. The highest BCUT2D eigenvalue weighted by atomic mass is 19.1. The largest absolute Gasteiger partial charge is 0.497 e. The lowest BCUT2D eigenvalue weighted by atomic mass is 10.1. The van der Waals surface area contributed by atoms with E-state index in [1.807, 2.05) is 54.5 Å². The Bertz CT molecular complexity index is 1310. The Morgan fingerprint density at radius 1 is 1.09 bits per heavy atom. The molecule has 5 rings (SSSR count). The molecule has 1 aliphatic rings. The van der Waals surface area contributed by atoms with Crippen molar-refractivity contribution in [2.75, 3.05) is 19.5 Å². The van der Waals surface area contributed by atoms with Crippen LogP contribution in [0.5, 0.6) is 5.75 Å².